The van der Waals surface area contributed by atoms with Gasteiger partial charge in [-0.25, -0.2) is 4.79 Å². The summed E-state index contributed by atoms with van der Waals surface area (Å²) in [5.41, 5.74) is 2.37. The summed E-state index contributed by atoms with van der Waals surface area (Å²) in [6.45, 7) is 5.72. The summed E-state index contributed by atoms with van der Waals surface area (Å²) in [7, 11) is 0. The van der Waals surface area contributed by atoms with E-state index >= 15 is 0 Å². The number of hydrogen-bond acceptors (Lipinski definition) is 4. The fraction of sp³-hybridized carbons (Fsp3) is 0.160. The Labute approximate surface area is 173 Å². The van der Waals surface area contributed by atoms with Crippen LogP contribution in [0.15, 0.2) is 60.7 Å². The molecule has 0 aromatic heterocycles. The molecule has 2 aliphatic heterocycles. The Morgan fingerprint density at radius 2 is 1.67 bits per heavy atom. The first-order valence-corrected chi connectivity index (χ1v) is 9.74. The van der Waals surface area contributed by atoms with Crippen LogP contribution in [0.2, 0.25) is 0 Å². The van der Waals surface area contributed by atoms with Crippen molar-refractivity contribution in [2.75, 3.05) is 4.90 Å². The fourth-order valence-corrected chi connectivity index (χ4v) is 4.49. The van der Waals surface area contributed by atoms with Gasteiger partial charge in [-0.1, -0.05) is 42.5 Å². The van der Waals surface area contributed by atoms with Gasteiger partial charge >= 0.3 is 5.97 Å². The zero-order valence-electron chi connectivity index (χ0n) is 16.9. The lowest BCUT2D eigenvalue weighted by Crippen LogP contribution is -2.47. The number of carbonyl (C=O) groups is 3. The molecule has 3 aromatic rings. The molecule has 0 saturated carbocycles. The first-order chi connectivity index (χ1) is 14.3. The van der Waals surface area contributed by atoms with Gasteiger partial charge in [-0.2, -0.15) is 0 Å². The van der Waals surface area contributed by atoms with E-state index in [9.17, 15) is 14.4 Å². The average Bonchev–Trinajstić information content (AvgIpc) is 2.97. The first-order valence-electron chi connectivity index (χ1n) is 9.74. The smallest absolute Gasteiger partial charge is 0.344 e. The Balaban J connectivity index is 1.60. The molecule has 5 nitrogen and oxygen atoms in total. The number of rotatable bonds is 2. The number of anilines is 1. The molecule has 0 atom stereocenters. The predicted octanol–water partition coefficient (Wildman–Crippen LogP) is 4.78. The van der Waals surface area contributed by atoms with Gasteiger partial charge in [0.05, 0.1) is 22.4 Å². The number of allylic oxidation sites excluding steroid dienone is 1. The summed E-state index contributed by atoms with van der Waals surface area (Å²) in [6, 6.07) is 16.3. The summed E-state index contributed by atoms with van der Waals surface area (Å²) in [5, 5.41) is 1.73. The highest BCUT2D eigenvalue weighted by molar-refractivity contribution is 6.53. The van der Waals surface area contributed by atoms with E-state index in [1.165, 1.54) is 11.0 Å². The quantitative estimate of drug-likeness (QED) is 0.355. The summed E-state index contributed by atoms with van der Waals surface area (Å²) in [5.74, 6) is -1.40. The molecule has 30 heavy (non-hydrogen) atoms. The molecule has 0 spiro atoms. The Kier molecular flexibility index (Phi) is 3.74. The highest BCUT2D eigenvalue weighted by Crippen LogP contribution is 2.46. The topological polar surface area (TPSA) is 63.7 Å². The van der Waals surface area contributed by atoms with E-state index in [1.807, 2.05) is 57.2 Å². The van der Waals surface area contributed by atoms with Crippen LogP contribution in [0.3, 0.4) is 0 Å². The maximum Gasteiger partial charge on any atom is 0.344 e. The molecule has 3 aromatic carbocycles. The number of Topliss-reactive ketones (excluding diaryl/α,β-unsaturated/α-hetero) is 1. The van der Waals surface area contributed by atoms with Crippen molar-refractivity contribution in [3.05, 3.63) is 77.4 Å². The highest BCUT2D eigenvalue weighted by Gasteiger charge is 2.47. The van der Waals surface area contributed by atoms with Gasteiger partial charge in [0, 0.05) is 5.56 Å². The van der Waals surface area contributed by atoms with Crippen molar-refractivity contribution >= 4 is 39.7 Å². The zero-order valence-corrected chi connectivity index (χ0v) is 16.9. The number of benzene rings is 3. The second-order valence-corrected chi connectivity index (χ2v) is 8.23. The Morgan fingerprint density at radius 1 is 0.967 bits per heavy atom. The summed E-state index contributed by atoms with van der Waals surface area (Å²) in [4.78, 5) is 39.8. The van der Waals surface area contributed by atoms with Crippen molar-refractivity contribution in [3.63, 3.8) is 0 Å². The molecule has 148 valence electrons. The first kappa shape index (κ1) is 18.3. The molecule has 0 radical (unpaired) electrons. The number of nitrogens with zero attached hydrogens (tertiary/aromatic N) is 1. The zero-order chi connectivity index (χ0) is 21.2. The average molecular weight is 397 g/mol. The Bertz CT molecular complexity index is 1310. The number of ketones is 1. The van der Waals surface area contributed by atoms with Crippen molar-refractivity contribution in [1.82, 2.24) is 0 Å². The Hall–Kier alpha value is -3.73. The molecular weight excluding hydrogens is 378 g/mol. The normalized spacial score (nSPS) is 16.5. The molecule has 5 heteroatoms. The van der Waals surface area contributed by atoms with Crippen LogP contribution in [0.5, 0.6) is 5.75 Å². The predicted molar refractivity (Wildman–Crippen MR) is 115 cm³/mol. The second kappa shape index (κ2) is 6.13. The lowest BCUT2D eigenvalue weighted by atomic mass is 9.89. The van der Waals surface area contributed by atoms with Crippen LogP contribution >= 0.6 is 0 Å². The van der Waals surface area contributed by atoms with Gasteiger partial charge in [0.25, 0.3) is 11.7 Å². The standard InChI is InChI=1S/C25H19NO4/c1-14-13-25(2,3)26-21-19(14)11-16(12-20(21)22(27)23(26)28)30-24(29)18-10-6-8-15-7-4-5-9-17(15)18/h4-13H,1-3H3. The fourth-order valence-electron chi connectivity index (χ4n) is 4.49. The van der Waals surface area contributed by atoms with Crippen LogP contribution in [0.25, 0.3) is 16.3 Å². The van der Waals surface area contributed by atoms with E-state index in [0.717, 1.165) is 21.9 Å². The van der Waals surface area contributed by atoms with Crippen molar-refractivity contribution in [1.29, 1.82) is 0 Å². The van der Waals surface area contributed by atoms with E-state index < -0.39 is 23.2 Å². The third kappa shape index (κ3) is 2.52. The highest BCUT2D eigenvalue weighted by atomic mass is 16.5. The van der Waals surface area contributed by atoms with Crippen LogP contribution in [0.4, 0.5) is 5.69 Å². The SMILES string of the molecule is CC1=CC(C)(C)N2C(=O)C(=O)c3cc(OC(=O)c4cccc5ccccc45)cc1c32. The van der Waals surface area contributed by atoms with Gasteiger partial charge in [-0.05, 0) is 55.3 Å². The number of amides is 1. The van der Waals surface area contributed by atoms with Crippen LogP contribution < -0.4 is 9.64 Å². The maximum atomic E-state index is 12.9. The molecular formula is C25H19NO4. The van der Waals surface area contributed by atoms with E-state index in [1.54, 1.807) is 18.2 Å². The van der Waals surface area contributed by atoms with Gasteiger partial charge in [-0.3, -0.25) is 14.5 Å². The van der Waals surface area contributed by atoms with E-state index in [4.69, 9.17) is 4.74 Å². The lowest BCUT2D eigenvalue weighted by Gasteiger charge is -2.38. The minimum Gasteiger partial charge on any atom is -0.423 e. The van der Waals surface area contributed by atoms with Crippen LogP contribution in [0.1, 0.15) is 47.1 Å². The number of esters is 1. The maximum absolute atomic E-state index is 12.9. The van der Waals surface area contributed by atoms with E-state index in [0.29, 0.717) is 11.3 Å². The molecule has 0 aliphatic carbocycles. The molecule has 0 saturated heterocycles. The third-order valence-corrected chi connectivity index (χ3v) is 5.74. The van der Waals surface area contributed by atoms with Gasteiger partial charge in [0.1, 0.15) is 5.75 Å². The van der Waals surface area contributed by atoms with Crippen LogP contribution in [-0.2, 0) is 4.79 Å². The van der Waals surface area contributed by atoms with E-state index in [2.05, 4.69) is 0 Å². The molecule has 0 fully saturated rings. The molecule has 5 rings (SSSR count). The molecule has 0 unspecified atom stereocenters. The lowest BCUT2D eigenvalue weighted by molar-refractivity contribution is -0.115. The summed E-state index contributed by atoms with van der Waals surface area (Å²) >= 11 is 0. The summed E-state index contributed by atoms with van der Waals surface area (Å²) in [6.07, 6.45) is 1.95. The van der Waals surface area contributed by atoms with Crippen molar-refractivity contribution in [3.8, 4) is 5.75 Å². The van der Waals surface area contributed by atoms with Crippen molar-refractivity contribution < 1.29 is 19.1 Å². The number of carbonyl (C=O) groups excluding carboxylic acids is 3. The molecule has 0 bridgehead atoms. The van der Waals surface area contributed by atoms with Crippen LogP contribution in [-0.4, -0.2) is 23.2 Å². The molecule has 2 aliphatic rings. The number of fused-ring (bicyclic) bond motifs is 1. The second-order valence-electron chi connectivity index (χ2n) is 8.23. The van der Waals surface area contributed by atoms with Crippen molar-refractivity contribution in [2.24, 2.45) is 0 Å². The molecule has 0 N–H and O–H groups in total. The number of ether oxygens (including phenoxy) is 1. The molecule has 2 heterocycles. The monoisotopic (exact) mass is 397 g/mol. The van der Waals surface area contributed by atoms with Gasteiger partial charge in [0.15, 0.2) is 0 Å². The van der Waals surface area contributed by atoms with E-state index in [-0.39, 0.29) is 11.3 Å². The van der Waals surface area contributed by atoms with Crippen molar-refractivity contribution in [2.45, 2.75) is 26.3 Å². The molecule has 1 amide bonds. The van der Waals surface area contributed by atoms with Gasteiger partial charge in [-0.15, -0.1) is 0 Å². The Morgan fingerprint density at radius 3 is 2.47 bits per heavy atom. The van der Waals surface area contributed by atoms with Gasteiger partial charge in [0.2, 0.25) is 0 Å². The summed E-state index contributed by atoms with van der Waals surface area (Å²) < 4.78 is 5.67. The third-order valence-electron chi connectivity index (χ3n) is 5.74. The largest absolute Gasteiger partial charge is 0.423 e. The minimum absolute atomic E-state index is 0.247. The van der Waals surface area contributed by atoms with Gasteiger partial charge < -0.3 is 4.74 Å². The van der Waals surface area contributed by atoms with Crippen LogP contribution in [0, 0.1) is 0 Å². The number of hydrogen-bond donors (Lipinski definition) is 0. The minimum atomic E-state index is -0.601.